The number of carbonyl (C=O) groups excluding carboxylic acids is 1. The highest BCUT2D eigenvalue weighted by Crippen LogP contribution is 2.33. The first-order chi connectivity index (χ1) is 6.45. The molecule has 1 aliphatic heterocycles. The summed E-state index contributed by atoms with van der Waals surface area (Å²) < 4.78 is 0. The molecule has 0 saturated carbocycles. The van der Waals surface area contributed by atoms with Gasteiger partial charge in [-0.2, -0.15) is 0 Å². The number of piperidine rings is 1. The fourth-order valence-corrected chi connectivity index (χ4v) is 2.01. The molecule has 3 nitrogen and oxygen atoms in total. The zero-order valence-corrected chi connectivity index (χ0v) is 9.42. The van der Waals surface area contributed by atoms with Crippen LogP contribution in [-0.4, -0.2) is 35.6 Å². The molecule has 1 unspecified atom stereocenters. The first-order valence-electron chi connectivity index (χ1n) is 5.34. The van der Waals surface area contributed by atoms with Crippen molar-refractivity contribution in [2.75, 3.05) is 19.7 Å². The van der Waals surface area contributed by atoms with Gasteiger partial charge in [-0.05, 0) is 24.2 Å². The van der Waals surface area contributed by atoms with Crippen LogP contribution in [0.5, 0.6) is 0 Å². The number of likely N-dealkylation sites (tertiary alicyclic amines) is 1. The second-order valence-electron chi connectivity index (χ2n) is 5.20. The third-order valence-electron chi connectivity index (χ3n) is 3.13. The maximum absolute atomic E-state index is 11.3. The predicted octanol–water partition coefficient (Wildman–Crippen LogP) is 1.26. The van der Waals surface area contributed by atoms with Crippen molar-refractivity contribution in [3.63, 3.8) is 0 Å². The molecule has 1 heterocycles. The van der Waals surface area contributed by atoms with Crippen molar-refractivity contribution in [2.45, 2.75) is 33.6 Å². The number of carbonyl (C=O) groups is 1. The van der Waals surface area contributed by atoms with Gasteiger partial charge in [-0.15, -0.1) is 0 Å². The van der Waals surface area contributed by atoms with Crippen molar-refractivity contribution >= 4 is 5.91 Å². The Balaban J connectivity index is 2.56. The van der Waals surface area contributed by atoms with E-state index >= 15 is 0 Å². The Kier molecular flexibility index (Phi) is 3.53. The maximum Gasteiger partial charge on any atom is 0.248 e. The Bertz CT molecular complexity index is 208. The molecule has 82 valence electrons. The van der Waals surface area contributed by atoms with Crippen LogP contribution in [0.2, 0.25) is 0 Å². The van der Waals surface area contributed by atoms with Gasteiger partial charge in [0.25, 0.3) is 0 Å². The Morgan fingerprint density at radius 2 is 2.14 bits per heavy atom. The fourth-order valence-electron chi connectivity index (χ4n) is 2.01. The third-order valence-corrected chi connectivity index (χ3v) is 3.13. The molecule has 1 atom stereocenters. The summed E-state index contributed by atoms with van der Waals surface area (Å²) in [6.07, 6.45) is 2.26. The zero-order chi connectivity index (χ0) is 10.8. The largest absolute Gasteiger partial charge is 0.387 e. The molecule has 0 aromatic rings. The number of hydrogen-bond donors (Lipinski definition) is 1. The molecule has 1 rings (SSSR count). The summed E-state index contributed by atoms with van der Waals surface area (Å²) in [5.41, 5.74) is 0.258. The maximum atomic E-state index is 11.3. The minimum absolute atomic E-state index is 0.126. The van der Waals surface area contributed by atoms with Gasteiger partial charge in [-0.1, -0.05) is 20.8 Å². The highest BCUT2D eigenvalue weighted by Gasteiger charge is 2.30. The van der Waals surface area contributed by atoms with Gasteiger partial charge < -0.3 is 10.0 Å². The summed E-state index contributed by atoms with van der Waals surface area (Å²) in [4.78, 5) is 13.1. The number of nitrogens with zero attached hydrogens (tertiary/aromatic N) is 1. The van der Waals surface area contributed by atoms with Crippen LogP contribution in [0.4, 0.5) is 0 Å². The molecular weight excluding hydrogens is 178 g/mol. The number of amides is 1. The molecule has 14 heavy (non-hydrogen) atoms. The van der Waals surface area contributed by atoms with Crippen molar-refractivity contribution in [2.24, 2.45) is 11.3 Å². The standard InChI is InChI=1S/C11H21NO2/c1-11(2,3)9-5-4-6-12(7-9)10(14)8-13/h9,13H,4-8H2,1-3H3. The lowest BCUT2D eigenvalue weighted by molar-refractivity contribution is -0.136. The molecular formula is C11H21NO2. The lowest BCUT2D eigenvalue weighted by atomic mass is 9.76. The van der Waals surface area contributed by atoms with Crippen molar-refractivity contribution in [1.29, 1.82) is 0 Å². The molecule has 0 aliphatic carbocycles. The summed E-state index contributed by atoms with van der Waals surface area (Å²) in [6.45, 7) is 7.91. The summed E-state index contributed by atoms with van der Waals surface area (Å²) in [7, 11) is 0. The van der Waals surface area contributed by atoms with Crippen LogP contribution in [0.15, 0.2) is 0 Å². The molecule has 0 bridgehead atoms. The van der Waals surface area contributed by atoms with Gasteiger partial charge in [0, 0.05) is 13.1 Å². The average molecular weight is 199 g/mol. The topological polar surface area (TPSA) is 40.5 Å². The van der Waals surface area contributed by atoms with Crippen LogP contribution in [0, 0.1) is 11.3 Å². The number of hydrogen-bond acceptors (Lipinski definition) is 2. The van der Waals surface area contributed by atoms with E-state index in [4.69, 9.17) is 5.11 Å². The molecule has 1 aliphatic rings. The quantitative estimate of drug-likeness (QED) is 0.690. The van der Waals surface area contributed by atoms with Gasteiger partial charge in [0.15, 0.2) is 0 Å². The van der Waals surface area contributed by atoms with Gasteiger partial charge in [0.1, 0.15) is 6.61 Å². The van der Waals surface area contributed by atoms with Gasteiger partial charge in [-0.3, -0.25) is 4.79 Å². The van der Waals surface area contributed by atoms with E-state index in [-0.39, 0.29) is 17.9 Å². The van der Waals surface area contributed by atoms with E-state index in [1.807, 2.05) is 0 Å². The van der Waals surface area contributed by atoms with Crippen molar-refractivity contribution in [3.8, 4) is 0 Å². The van der Waals surface area contributed by atoms with Crippen LogP contribution in [0.1, 0.15) is 33.6 Å². The normalized spacial score (nSPS) is 23.7. The van der Waals surface area contributed by atoms with E-state index < -0.39 is 0 Å². The van der Waals surface area contributed by atoms with Crippen LogP contribution < -0.4 is 0 Å². The Morgan fingerprint density at radius 3 is 2.64 bits per heavy atom. The van der Waals surface area contributed by atoms with Gasteiger partial charge in [0.05, 0.1) is 0 Å². The number of rotatable bonds is 1. The summed E-state index contributed by atoms with van der Waals surface area (Å²) in [5.74, 6) is 0.436. The van der Waals surface area contributed by atoms with Gasteiger partial charge >= 0.3 is 0 Å². The average Bonchev–Trinajstić information content (AvgIpc) is 2.15. The summed E-state index contributed by atoms with van der Waals surface area (Å²) in [5, 5.41) is 8.78. The lowest BCUT2D eigenvalue weighted by Crippen LogP contribution is -2.44. The highest BCUT2D eigenvalue weighted by molar-refractivity contribution is 5.77. The minimum Gasteiger partial charge on any atom is -0.387 e. The molecule has 3 heteroatoms. The second-order valence-corrected chi connectivity index (χ2v) is 5.20. The second kappa shape index (κ2) is 4.30. The summed E-state index contributed by atoms with van der Waals surface area (Å²) >= 11 is 0. The molecule has 0 aromatic heterocycles. The Morgan fingerprint density at radius 1 is 1.50 bits per heavy atom. The number of aliphatic hydroxyl groups excluding tert-OH is 1. The first-order valence-corrected chi connectivity index (χ1v) is 5.34. The highest BCUT2D eigenvalue weighted by atomic mass is 16.3. The van der Waals surface area contributed by atoms with Crippen molar-refractivity contribution < 1.29 is 9.90 Å². The van der Waals surface area contributed by atoms with Crippen molar-refractivity contribution in [3.05, 3.63) is 0 Å². The molecule has 1 N–H and O–H groups in total. The van der Waals surface area contributed by atoms with Gasteiger partial charge in [-0.25, -0.2) is 0 Å². The molecule has 0 radical (unpaired) electrons. The van der Waals surface area contributed by atoms with E-state index in [1.54, 1.807) is 4.90 Å². The molecule has 1 saturated heterocycles. The third kappa shape index (κ3) is 2.71. The van der Waals surface area contributed by atoms with Crippen LogP contribution in [-0.2, 0) is 4.79 Å². The zero-order valence-electron chi connectivity index (χ0n) is 9.42. The van der Waals surface area contributed by atoms with Gasteiger partial charge in [0.2, 0.25) is 5.91 Å². The predicted molar refractivity (Wildman–Crippen MR) is 55.8 cm³/mol. The van der Waals surface area contributed by atoms with E-state index in [0.29, 0.717) is 5.92 Å². The molecule has 1 amide bonds. The van der Waals surface area contributed by atoms with E-state index in [0.717, 1.165) is 19.5 Å². The van der Waals surface area contributed by atoms with E-state index in [2.05, 4.69) is 20.8 Å². The molecule has 0 aromatic carbocycles. The Labute approximate surface area is 86.1 Å². The lowest BCUT2D eigenvalue weighted by Gasteiger charge is -2.39. The smallest absolute Gasteiger partial charge is 0.248 e. The van der Waals surface area contributed by atoms with Crippen LogP contribution >= 0.6 is 0 Å². The fraction of sp³-hybridized carbons (Fsp3) is 0.909. The minimum atomic E-state index is -0.350. The van der Waals surface area contributed by atoms with E-state index in [1.165, 1.54) is 6.42 Å². The Hall–Kier alpha value is -0.570. The van der Waals surface area contributed by atoms with E-state index in [9.17, 15) is 4.79 Å². The SMILES string of the molecule is CC(C)(C)C1CCCN(C(=O)CO)C1. The van der Waals surface area contributed by atoms with Crippen LogP contribution in [0.25, 0.3) is 0 Å². The first kappa shape index (κ1) is 11.5. The molecule has 0 spiro atoms. The van der Waals surface area contributed by atoms with Crippen molar-refractivity contribution in [1.82, 2.24) is 4.90 Å². The number of aliphatic hydroxyl groups is 1. The van der Waals surface area contributed by atoms with Crippen LogP contribution in [0.3, 0.4) is 0 Å². The summed E-state index contributed by atoms with van der Waals surface area (Å²) in [6, 6.07) is 0. The molecule has 1 fully saturated rings. The monoisotopic (exact) mass is 199 g/mol.